The molecule has 0 spiro atoms. The van der Waals surface area contributed by atoms with Crippen LogP contribution in [0.4, 0.5) is 0 Å². The Hall–Kier alpha value is -3.76. The summed E-state index contributed by atoms with van der Waals surface area (Å²) >= 11 is 0. The molecule has 0 aromatic rings. The van der Waals surface area contributed by atoms with Crippen molar-refractivity contribution < 1.29 is 80.2 Å². The molecule has 0 heterocycles. The lowest BCUT2D eigenvalue weighted by Gasteiger charge is -2.21. The highest BCUT2D eigenvalue weighted by Gasteiger charge is 2.30. The van der Waals surface area contributed by atoms with Crippen LogP contribution in [0.2, 0.25) is 0 Å². The van der Waals surface area contributed by atoms with Crippen LogP contribution in [0.15, 0.2) is 85.1 Å². The smallest absolute Gasteiger partial charge is 0.462 e. The third-order valence-electron chi connectivity index (χ3n) is 17.8. The third-order valence-corrected chi connectivity index (χ3v) is 19.7. The molecule has 17 nitrogen and oxygen atoms in total. The quantitative estimate of drug-likeness (QED) is 0.0169. The summed E-state index contributed by atoms with van der Waals surface area (Å²) < 4.78 is 68.7. The van der Waals surface area contributed by atoms with Crippen molar-refractivity contribution in [2.24, 2.45) is 0 Å². The number of ether oxygens (including phenoxy) is 4. The van der Waals surface area contributed by atoms with Gasteiger partial charge in [-0.2, -0.15) is 0 Å². The van der Waals surface area contributed by atoms with E-state index in [0.717, 1.165) is 173 Å². The SMILES string of the molecule is CC/C=C\C/C=C\C/C=C\CCCCCCCC(=O)OCC(COP(=O)(O)OCC(O)COP(=O)(O)OCC(COC(=O)CCCCCCCC/C=C\C/C=C\C/C=C\CCCCC)OC(=O)CCCCCCCCCCCCCCCCC)OC(=O)CCCCCCC/C=C\CCCCCCCC. The summed E-state index contributed by atoms with van der Waals surface area (Å²) in [6, 6.07) is 0. The first-order valence-electron chi connectivity index (χ1n) is 41.8. The van der Waals surface area contributed by atoms with E-state index < -0.39 is 97.5 Å². The third kappa shape index (κ3) is 76.4. The summed E-state index contributed by atoms with van der Waals surface area (Å²) in [5, 5.41) is 10.7. The number of rotatable bonds is 79. The lowest BCUT2D eigenvalue weighted by Crippen LogP contribution is -2.30. The Morgan fingerprint density at radius 1 is 0.279 bits per heavy atom. The lowest BCUT2D eigenvalue weighted by atomic mass is 10.0. The van der Waals surface area contributed by atoms with E-state index in [0.29, 0.717) is 25.7 Å². The number of aliphatic hydroxyl groups excluding tert-OH is 1. The Balaban J connectivity index is 5.36. The van der Waals surface area contributed by atoms with Gasteiger partial charge in [-0.15, -0.1) is 0 Å². The normalized spacial score (nSPS) is 14.3. The number of hydrogen-bond acceptors (Lipinski definition) is 15. The van der Waals surface area contributed by atoms with Crippen molar-refractivity contribution in [3.05, 3.63) is 85.1 Å². The molecule has 5 unspecified atom stereocenters. The van der Waals surface area contributed by atoms with Gasteiger partial charge in [0.1, 0.15) is 19.3 Å². The first-order valence-corrected chi connectivity index (χ1v) is 44.8. The second kappa shape index (κ2) is 77.4. The number of allylic oxidation sites excluding steroid dienone is 14. The molecule has 0 rings (SSSR count). The minimum absolute atomic E-state index is 0.0831. The lowest BCUT2D eigenvalue weighted by molar-refractivity contribution is -0.161. The van der Waals surface area contributed by atoms with Crippen molar-refractivity contribution in [1.82, 2.24) is 0 Å². The summed E-state index contributed by atoms with van der Waals surface area (Å²) in [5.41, 5.74) is 0. The van der Waals surface area contributed by atoms with Crippen LogP contribution in [-0.4, -0.2) is 96.7 Å². The van der Waals surface area contributed by atoms with Gasteiger partial charge in [0.25, 0.3) is 0 Å². The fourth-order valence-electron chi connectivity index (χ4n) is 11.5. The first kappa shape index (κ1) is 100. The highest BCUT2D eigenvalue weighted by Crippen LogP contribution is 2.45. The number of unbranched alkanes of at least 4 members (excludes halogenated alkanes) is 39. The average Bonchev–Trinajstić information content (AvgIpc) is 0.912. The number of esters is 4. The van der Waals surface area contributed by atoms with Gasteiger partial charge in [0.2, 0.25) is 0 Å². The van der Waals surface area contributed by atoms with E-state index in [4.69, 9.17) is 37.0 Å². The molecule has 0 fully saturated rings. The standard InChI is InChI=1S/C85H152O17P2/c1-5-9-13-17-21-25-29-33-37-38-39-40-44-46-50-54-58-62-66-70-83(88)96-76-81(102-85(90)72-68-64-60-56-52-48-43-36-32-28-24-20-16-12-8-4)78-100-104(93,94)98-74-79(86)73-97-103(91,92)99-77-80(101-84(89)71-67-63-59-55-51-47-42-35-31-27-23-19-15-11-7-3)75-95-82(87)69-65-61-57-53-49-45-41-34-30-26-22-18-14-10-6-2/h10,14,21-22,25-26,33-35,37,39-42,79-81,86H,5-9,11-13,15-20,23-24,27-32,36,38,43-78H2,1-4H3,(H,91,92)(H,93,94)/b14-10-,25-21-,26-22-,37-33-,40-39-,41-34-,42-35-. The van der Waals surface area contributed by atoms with Crippen molar-refractivity contribution in [1.29, 1.82) is 0 Å². The van der Waals surface area contributed by atoms with Gasteiger partial charge in [0, 0.05) is 25.7 Å². The van der Waals surface area contributed by atoms with Crippen LogP contribution in [-0.2, 0) is 65.4 Å². The Kier molecular flexibility index (Phi) is 74.6. The Morgan fingerprint density at radius 2 is 0.500 bits per heavy atom. The molecule has 0 radical (unpaired) electrons. The van der Waals surface area contributed by atoms with E-state index in [-0.39, 0.29) is 25.7 Å². The summed E-state index contributed by atoms with van der Waals surface area (Å²) in [5.74, 6) is -2.19. The van der Waals surface area contributed by atoms with Gasteiger partial charge in [-0.25, -0.2) is 9.13 Å². The minimum Gasteiger partial charge on any atom is -0.462 e. The van der Waals surface area contributed by atoms with Crippen LogP contribution in [0.1, 0.15) is 374 Å². The average molecular weight is 1510 g/mol. The second-order valence-corrected chi connectivity index (χ2v) is 30.9. The van der Waals surface area contributed by atoms with Crippen LogP contribution in [0.5, 0.6) is 0 Å². The van der Waals surface area contributed by atoms with E-state index in [1.165, 1.54) is 122 Å². The molecule has 19 heteroatoms. The highest BCUT2D eigenvalue weighted by molar-refractivity contribution is 7.47. The molecule has 5 atom stereocenters. The van der Waals surface area contributed by atoms with Gasteiger partial charge in [-0.1, -0.05) is 312 Å². The van der Waals surface area contributed by atoms with Crippen molar-refractivity contribution >= 4 is 39.5 Å². The Labute approximate surface area is 634 Å². The maximum Gasteiger partial charge on any atom is 0.472 e. The second-order valence-electron chi connectivity index (χ2n) is 28.0. The molecule has 0 saturated carbocycles. The summed E-state index contributed by atoms with van der Waals surface area (Å²) in [6.45, 7) is 4.76. The summed E-state index contributed by atoms with van der Waals surface area (Å²) in [6.07, 6.45) is 81.1. The number of phosphoric ester groups is 2. The molecule has 0 aromatic carbocycles. The van der Waals surface area contributed by atoms with Crippen LogP contribution in [0.25, 0.3) is 0 Å². The van der Waals surface area contributed by atoms with Gasteiger partial charge in [-0.05, 0) is 122 Å². The van der Waals surface area contributed by atoms with Crippen molar-refractivity contribution in [2.75, 3.05) is 39.6 Å². The maximum atomic E-state index is 13.1. The fraction of sp³-hybridized carbons (Fsp3) is 0.788. The van der Waals surface area contributed by atoms with Crippen molar-refractivity contribution in [2.45, 2.75) is 393 Å². The molecule has 0 aromatic heterocycles. The minimum atomic E-state index is -4.98. The number of phosphoric acid groups is 2. The molecule has 604 valence electrons. The molecule has 0 aliphatic carbocycles. The van der Waals surface area contributed by atoms with Gasteiger partial charge >= 0.3 is 39.5 Å². The Bertz CT molecular complexity index is 2300. The zero-order valence-corrected chi connectivity index (χ0v) is 68.0. The number of carbonyl (C=O) groups is 4. The van der Waals surface area contributed by atoms with Crippen molar-refractivity contribution in [3.8, 4) is 0 Å². The summed E-state index contributed by atoms with van der Waals surface area (Å²) in [4.78, 5) is 73.1. The van der Waals surface area contributed by atoms with Gasteiger partial charge < -0.3 is 33.8 Å². The van der Waals surface area contributed by atoms with Crippen LogP contribution in [0, 0.1) is 0 Å². The van der Waals surface area contributed by atoms with Gasteiger partial charge in [0.05, 0.1) is 26.4 Å². The predicted molar refractivity (Wildman–Crippen MR) is 427 cm³/mol. The number of hydrogen-bond donors (Lipinski definition) is 3. The molecule has 0 bridgehead atoms. The fourth-order valence-corrected chi connectivity index (χ4v) is 13.1. The molecule has 0 aliphatic heterocycles. The largest absolute Gasteiger partial charge is 0.472 e. The zero-order chi connectivity index (χ0) is 76.0. The van der Waals surface area contributed by atoms with Crippen LogP contribution >= 0.6 is 15.6 Å². The van der Waals surface area contributed by atoms with Crippen LogP contribution < -0.4 is 0 Å². The van der Waals surface area contributed by atoms with Crippen molar-refractivity contribution in [3.63, 3.8) is 0 Å². The zero-order valence-electron chi connectivity index (χ0n) is 66.2. The van der Waals surface area contributed by atoms with E-state index in [2.05, 4.69) is 113 Å². The number of aliphatic hydroxyl groups is 1. The van der Waals surface area contributed by atoms with Gasteiger partial charge in [-0.3, -0.25) is 37.3 Å². The molecule has 3 N–H and O–H groups in total. The van der Waals surface area contributed by atoms with E-state index >= 15 is 0 Å². The topological polar surface area (TPSA) is 237 Å². The van der Waals surface area contributed by atoms with Crippen LogP contribution in [0.3, 0.4) is 0 Å². The molecule has 0 saturated heterocycles. The monoisotopic (exact) mass is 1510 g/mol. The first-order chi connectivity index (χ1) is 50.7. The molecular formula is C85H152O17P2. The Morgan fingerprint density at radius 3 is 0.798 bits per heavy atom. The maximum absolute atomic E-state index is 13.1. The number of carbonyl (C=O) groups excluding carboxylic acids is 4. The van der Waals surface area contributed by atoms with E-state index in [1.54, 1.807) is 0 Å². The van der Waals surface area contributed by atoms with E-state index in [9.17, 15) is 43.2 Å². The molecule has 0 aliphatic rings. The molecule has 104 heavy (non-hydrogen) atoms. The summed E-state index contributed by atoms with van der Waals surface area (Å²) in [7, 11) is -9.96. The van der Waals surface area contributed by atoms with Gasteiger partial charge in [0.15, 0.2) is 12.2 Å². The predicted octanol–water partition coefficient (Wildman–Crippen LogP) is 24.6. The van der Waals surface area contributed by atoms with E-state index in [1.807, 2.05) is 0 Å². The molecular weight excluding hydrogens is 1350 g/mol. The molecule has 0 amide bonds. The highest BCUT2D eigenvalue weighted by atomic mass is 31.2.